The fraction of sp³-hybridized carbons (Fsp3) is 0.609. The molecule has 3 rings (SSSR count). The molecular formula is C23H33IO5Si. The number of rotatable bonds is 9. The number of ketones is 1. The van der Waals surface area contributed by atoms with E-state index in [1.54, 1.807) is 0 Å². The van der Waals surface area contributed by atoms with Gasteiger partial charge in [-0.2, -0.15) is 0 Å². The quantitative estimate of drug-likeness (QED) is 0.109. The Balaban J connectivity index is 1.57. The molecule has 0 aliphatic carbocycles. The largest absolute Gasteiger partial charge is 0.414 e. The number of hydrogen-bond acceptors (Lipinski definition) is 5. The zero-order valence-corrected chi connectivity index (χ0v) is 21.7. The zero-order valence-electron chi connectivity index (χ0n) is 18.6. The van der Waals surface area contributed by atoms with E-state index in [0.29, 0.717) is 19.6 Å². The Labute approximate surface area is 194 Å². The molecule has 1 fully saturated rings. The van der Waals surface area contributed by atoms with Crippen molar-refractivity contribution in [2.45, 2.75) is 67.1 Å². The third kappa shape index (κ3) is 5.24. The van der Waals surface area contributed by atoms with E-state index in [1.165, 1.54) is 0 Å². The van der Waals surface area contributed by atoms with Crippen LogP contribution in [0.2, 0.25) is 18.1 Å². The number of Topliss-reactive ketones (excluding diaryl/α,β-unsaturated/α-hetero) is 1. The number of hydrogen-bond donors (Lipinski definition) is 0. The first-order chi connectivity index (χ1) is 14.0. The third-order valence-electron chi connectivity index (χ3n) is 6.34. The Morgan fingerprint density at radius 2 is 1.83 bits per heavy atom. The monoisotopic (exact) mass is 544 g/mol. The predicted octanol–water partition coefficient (Wildman–Crippen LogP) is 5.04. The topological polar surface area (TPSA) is 54.0 Å². The molecule has 2 aliphatic rings. The van der Waals surface area contributed by atoms with Gasteiger partial charge in [-0.25, -0.2) is 0 Å². The lowest BCUT2D eigenvalue weighted by atomic mass is 9.91. The summed E-state index contributed by atoms with van der Waals surface area (Å²) < 4.78 is 24.0. The van der Waals surface area contributed by atoms with Crippen molar-refractivity contribution in [3.8, 4) is 0 Å². The first kappa shape index (κ1) is 24.1. The van der Waals surface area contributed by atoms with Crippen molar-refractivity contribution in [2.75, 3.05) is 20.0 Å². The van der Waals surface area contributed by atoms with Gasteiger partial charge in [0.25, 0.3) is 0 Å². The van der Waals surface area contributed by atoms with Crippen LogP contribution < -0.4 is 0 Å². The Morgan fingerprint density at radius 1 is 1.13 bits per heavy atom. The minimum Gasteiger partial charge on any atom is -0.414 e. The molecule has 5 nitrogen and oxygen atoms in total. The number of carbonyl (C=O) groups is 1. The molecule has 30 heavy (non-hydrogen) atoms. The minimum atomic E-state index is -1.94. The van der Waals surface area contributed by atoms with Gasteiger partial charge in [0.2, 0.25) is 0 Å². The molecule has 0 unspecified atom stereocenters. The molecule has 1 saturated heterocycles. The maximum Gasteiger partial charge on any atom is 0.192 e. The first-order valence-corrected chi connectivity index (χ1v) is 14.5. The fourth-order valence-corrected chi connectivity index (χ4v) is 5.19. The van der Waals surface area contributed by atoms with Gasteiger partial charge >= 0.3 is 0 Å². The van der Waals surface area contributed by atoms with Crippen LogP contribution in [0.4, 0.5) is 0 Å². The summed E-state index contributed by atoms with van der Waals surface area (Å²) in [5.74, 6) is 0.180. The lowest BCUT2D eigenvalue weighted by Gasteiger charge is -2.44. The van der Waals surface area contributed by atoms with Crippen LogP contribution >= 0.6 is 22.6 Å². The molecule has 0 spiro atoms. The van der Waals surface area contributed by atoms with E-state index in [9.17, 15) is 4.79 Å². The number of alkyl halides is 1. The van der Waals surface area contributed by atoms with Gasteiger partial charge in [0.05, 0.1) is 19.8 Å². The van der Waals surface area contributed by atoms with Crippen LogP contribution in [-0.4, -0.2) is 49.2 Å². The van der Waals surface area contributed by atoms with Crippen LogP contribution in [0.3, 0.4) is 0 Å². The van der Waals surface area contributed by atoms with Crippen molar-refractivity contribution >= 4 is 36.7 Å². The Hall–Kier alpha value is -0.583. The van der Waals surface area contributed by atoms with Crippen molar-refractivity contribution in [3.63, 3.8) is 0 Å². The van der Waals surface area contributed by atoms with Gasteiger partial charge in [-0.3, -0.25) is 4.79 Å². The van der Waals surface area contributed by atoms with Gasteiger partial charge < -0.3 is 18.6 Å². The summed E-state index contributed by atoms with van der Waals surface area (Å²) in [6.07, 6.45) is 4.37. The van der Waals surface area contributed by atoms with E-state index >= 15 is 0 Å². The van der Waals surface area contributed by atoms with Gasteiger partial charge in [-0.1, -0.05) is 85.8 Å². The fourth-order valence-electron chi connectivity index (χ4n) is 3.42. The highest BCUT2D eigenvalue weighted by Gasteiger charge is 2.57. The molecule has 2 bridgehead atoms. The molecule has 0 aromatic heterocycles. The minimum absolute atomic E-state index is 0.104. The Bertz CT molecular complexity index is 776. The summed E-state index contributed by atoms with van der Waals surface area (Å²) in [7, 11) is -1.94. The predicted molar refractivity (Wildman–Crippen MR) is 128 cm³/mol. The molecule has 0 saturated carbocycles. The summed E-state index contributed by atoms with van der Waals surface area (Å²) in [5, 5.41) is 0.104. The lowest BCUT2D eigenvalue weighted by Crippen LogP contribution is -2.58. The molecule has 1 aromatic rings. The first-order valence-electron chi connectivity index (χ1n) is 10.4. The molecule has 2 heterocycles. The summed E-state index contributed by atoms with van der Waals surface area (Å²) in [5.41, 5.74) is -0.358. The van der Waals surface area contributed by atoms with Crippen LogP contribution in [0, 0.1) is 0 Å². The highest BCUT2D eigenvalue weighted by Crippen LogP contribution is 2.46. The summed E-state index contributed by atoms with van der Waals surface area (Å²) >= 11 is 2.18. The van der Waals surface area contributed by atoms with E-state index in [0.717, 1.165) is 5.56 Å². The maximum atomic E-state index is 12.8. The van der Waals surface area contributed by atoms with Crippen LogP contribution in [0.5, 0.6) is 0 Å². The highest BCUT2D eigenvalue weighted by molar-refractivity contribution is 14.1. The maximum absolute atomic E-state index is 12.8. The van der Waals surface area contributed by atoms with Crippen molar-refractivity contribution < 1.29 is 23.4 Å². The van der Waals surface area contributed by atoms with Crippen molar-refractivity contribution in [1.29, 1.82) is 0 Å². The molecule has 0 radical (unpaired) electrons. The highest BCUT2D eigenvalue weighted by atomic mass is 127. The van der Waals surface area contributed by atoms with Gasteiger partial charge in [0.1, 0.15) is 21.9 Å². The Morgan fingerprint density at radius 3 is 2.50 bits per heavy atom. The zero-order chi connectivity index (χ0) is 22.0. The summed E-state index contributed by atoms with van der Waals surface area (Å²) in [6, 6.07) is 9.97. The van der Waals surface area contributed by atoms with E-state index in [4.69, 9.17) is 18.6 Å². The van der Waals surface area contributed by atoms with Crippen molar-refractivity contribution in [3.05, 3.63) is 48.0 Å². The normalized spacial score (nSPS) is 28.9. The number of halogens is 1. The molecular weight excluding hydrogens is 511 g/mol. The van der Waals surface area contributed by atoms with E-state index in [-0.39, 0.29) is 28.1 Å². The molecule has 0 amide bonds. The van der Waals surface area contributed by atoms with Gasteiger partial charge in [-0.15, -0.1) is 0 Å². The second-order valence-electron chi connectivity index (χ2n) is 9.81. The standard InChI is InChI=1S/C23H33IO5Si/c1-21(2,3)30(4,5)28-15-22-11-12-23(29-22,20(24)19(25)13-22)16-27-17-26-14-18-9-7-6-8-10-18/h6-12,20H,13-17H2,1-5H3/t20-,22-,23-/m0/s1. The Kier molecular flexibility index (Phi) is 7.31. The van der Waals surface area contributed by atoms with Gasteiger partial charge in [0, 0.05) is 6.42 Å². The number of ether oxygens (including phenoxy) is 3. The molecule has 2 aliphatic heterocycles. The SMILES string of the molecule is CC(C)(C)[Si](C)(C)OC[C@@]12C=C[C@@](COCOCc3ccccc3)(O1)[C@@H](I)C(=O)C2. The average molecular weight is 545 g/mol. The smallest absolute Gasteiger partial charge is 0.192 e. The van der Waals surface area contributed by atoms with Crippen LogP contribution in [-0.2, 0) is 30.0 Å². The number of carbonyl (C=O) groups excluding carboxylic acids is 1. The second kappa shape index (κ2) is 9.11. The molecule has 1 aromatic carbocycles. The molecule has 166 valence electrons. The summed E-state index contributed by atoms with van der Waals surface area (Å²) in [6.45, 7) is 12.4. The molecule has 0 N–H and O–H groups in total. The van der Waals surface area contributed by atoms with E-state index in [2.05, 4.69) is 56.5 Å². The van der Waals surface area contributed by atoms with Gasteiger partial charge in [-0.05, 0) is 23.7 Å². The summed E-state index contributed by atoms with van der Waals surface area (Å²) in [4.78, 5) is 12.8. The lowest BCUT2D eigenvalue weighted by molar-refractivity contribution is -0.180. The van der Waals surface area contributed by atoms with Crippen LogP contribution in [0.15, 0.2) is 42.5 Å². The van der Waals surface area contributed by atoms with E-state index in [1.807, 2.05) is 42.5 Å². The van der Waals surface area contributed by atoms with Crippen molar-refractivity contribution in [1.82, 2.24) is 0 Å². The third-order valence-corrected chi connectivity index (χ3v) is 12.6. The average Bonchev–Trinajstić information content (AvgIpc) is 3.01. The van der Waals surface area contributed by atoms with Gasteiger partial charge in [0.15, 0.2) is 14.1 Å². The van der Waals surface area contributed by atoms with Crippen LogP contribution in [0.1, 0.15) is 32.8 Å². The van der Waals surface area contributed by atoms with Crippen molar-refractivity contribution in [2.24, 2.45) is 0 Å². The number of fused-ring (bicyclic) bond motifs is 2. The van der Waals surface area contributed by atoms with Crippen LogP contribution in [0.25, 0.3) is 0 Å². The molecule has 7 heteroatoms. The molecule has 3 atom stereocenters. The number of benzene rings is 1. The van der Waals surface area contributed by atoms with E-state index < -0.39 is 19.5 Å². The second-order valence-corrected chi connectivity index (χ2v) is 15.9.